The predicted octanol–water partition coefficient (Wildman–Crippen LogP) is 4.56. The molecule has 0 bridgehead atoms. The number of hydrogen-bond donors (Lipinski definition) is 0. The first kappa shape index (κ1) is 14.1. The van der Waals surface area contributed by atoms with Crippen molar-refractivity contribution in [1.29, 1.82) is 0 Å². The van der Waals surface area contributed by atoms with Gasteiger partial charge in [-0.25, -0.2) is 9.37 Å². The van der Waals surface area contributed by atoms with Gasteiger partial charge in [-0.15, -0.1) is 11.6 Å². The lowest BCUT2D eigenvalue weighted by molar-refractivity contribution is 0.629. The Labute approximate surface area is 128 Å². The molecule has 0 unspecified atom stereocenters. The summed E-state index contributed by atoms with van der Waals surface area (Å²) in [4.78, 5) is 4.53. The molecule has 0 fully saturated rings. The van der Waals surface area contributed by atoms with Crippen LogP contribution in [0.2, 0.25) is 0 Å². The Hall–Kier alpha value is -1.87. The number of imidazole rings is 1. The first-order valence-corrected chi connectivity index (χ1v) is 7.44. The van der Waals surface area contributed by atoms with Gasteiger partial charge < -0.3 is 0 Å². The molecule has 4 heteroatoms. The summed E-state index contributed by atoms with van der Waals surface area (Å²) in [5, 5.41) is 0. The molecule has 0 spiro atoms. The quantitative estimate of drug-likeness (QED) is 0.648. The van der Waals surface area contributed by atoms with E-state index < -0.39 is 0 Å². The van der Waals surface area contributed by atoms with Crippen LogP contribution in [0.1, 0.15) is 17.0 Å². The molecule has 0 atom stereocenters. The van der Waals surface area contributed by atoms with E-state index in [1.807, 2.05) is 0 Å². The summed E-state index contributed by atoms with van der Waals surface area (Å²) in [6.07, 6.45) is 0.644. The molecule has 2 aromatic carbocycles. The molecule has 0 radical (unpaired) electrons. The summed E-state index contributed by atoms with van der Waals surface area (Å²) in [5.74, 6) is 1.06. The zero-order chi connectivity index (χ0) is 15.0. The number of nitrogens with zero attached hydrogens (tertiary/aromatic N) is 2. The third-order valence-corrected chi connectivity index (χ3v) is 3.94. The van der Waals surface area contributed by atoms with Crippen molar-refractivity contribution < 1.29 is 4.39 Å². The Morgan fingerprint density at radius 2 is 1.90 bits per heavy atom. The summed E-state index contributed by atoms with van der Waals surface area (Å²) in [7, 11) is 0. The van der Waals surface area contributed by atoms with Crippen molar-refractivity contribution in [3.05, 3.63) is 59.2 Å². The maximum atomic E-state index is 13.4. The van der Waals surface area contributed by atoms with Gasteiger partial charge in [0.1, 0.15) is 11.6 Å². The molecular formula is C17H16ClFN2. The van der Waals surface area contributed by atoms with Crippen molar-refractivity contribution in [2.75, 3.05) is 5.88 Å². The summed E-state index contributed by atoms with van der Waals surface area (Å²) in [6, 6.07) is 11.0. The number of aromatic nitrogens is 2. The first-order chi connectivity index (χ1) is 10.1. The molecule has 21 heavy (non-hydrogen) atoms. The zero-order valence-electron chi connectivity index (χ0n) is 12.0. The maximum Gasteiger partial charge on any atom is 0.125 e. The van der Waals surface area contributed by atoms with Gasteiger partial charge in [-0.05, 0) is 49.2 Å². The minimum Gasteiger partial charge on any atom is -0.296 e. The van der Waals surface area contributed by atoms with E-state index in [0.717, 1.165) is 17.0 Å². The molecule has 1 aromatic heterocycles. The van der Waals surface area contributed by atoms with Crippen LogP contribution in [-0.2, 0) is 6.42 Å². The lowest BCUT2D eigenvalue weighted by Crippen LogP contribution is -2.02. The Balaban J connectivity index is 2.27. The van der Waals surface area contributed by atoms with Gasteiger partial charge in [0.25, 0.3) is 0 Å². The summed E-state index contributed by atoms with van der Waals surface area (Å²) in [6.45, 7) is 4.17. The Morgan fingerprint density at radius 1 is 1.10 bits per heavy atom. The number of aryl methyl sites for hydroxylation is 3. The molecule has 0 saturated heterocycles. The van der Waals surface area contributed by atoms with Crippen LogP contribution in [0.5, 0.6) is 0 Å². The topological polar surface area (TPSA) is 17.8 Å². The fraction of sp³-hybridized carbons (Fsp3) is 0.235. The molecule has 1 heterocycles. The van der Waals surface area contributed by atoms with Crippen molar-refractivity contribution in [1.82, 2.24) is 9.55 Å². The van der Waals surface area contributed by atoms with E-state index in [9.17, 15) is 4.39 Å². The van der Waals surface area contributed by atoms with Gasteiger partial charge in [0.15, 0.2) is 0 Å². The standard InChI is InChI=1S/C17H16ClFN2/c1-11-3-5-14(9-12(11)2)21-16-6-4-13(19)10-15(16)20-17(21)7-8-18/h3-6,9-10H,7-8H2,1-2H3. The van der Waals surface area contributed by atoms with Gasteiger partial charge in [0.05, 0.1) is 11.0 Å². The normalized spacial score (nSPS) is 11.2. The molecule has 108 valence electrons. The molecule has 0 aliphatic heterocycles. The molecule has 2 nitrogen and oxygen atoms in total. The largest absolute Gasteiger partial charge is 0.296 e. The molecule has 0 N–H and O–H groups in total. The third kappa shape index (κ3) is 2.54. The molecule has 0 saturated carbocycles. The highest BCUT2D eigenvalue weighted by Crippen LogP contribution is 2.24. The molecule has 0 aliphatic rings. The fourth-order valence-electron chi connectivity index (χ4n) is 2.51. The Kier molecular flexibility index (Phi) is 3.68. The van der Waals surface area contributed by atoms with Crippen LogP contribution in [0, 0.1) is 19.7 Å². The van der Waals surface area contributed by atoms with Crippen LogP contribution in [0.25, 0.3) is 16.7 Å². The number of rotatable bonds is 3. The van der Waals surface area contributed by atoms with Crippen LogP contribution in [0.4, 0.5) is 4.39 Å². The van der Waals surface area contributed by atoms with E-state index in [1.165, 1.54) is 23.3 Å². The van der Waals surface area contributed by atoms with Gasteiger partial charge >= 0.3 is 0 Å². The fourth-order valence-corrected chi connectivity index (χ4v) is 2.68. The van der Waals surface area contributed by atoms with E-state index >= 15 is 0 Å². The van der Waals surface area contributed by atoms with Crippen LogP contribution < -0.4 is 0 Å². The third-order valence-electron chi connectivity index (χ3n) is 3.75. The summed E-state index contributed by atoms with van der Waals surface area (Å²) >= 11 is 5.88. The number of halogens is 2. The Morgan fingerprint density at radius 3 is 2.62 bits per heavy atom. The first-order valence-electron chi connectivity index (χ1n) is 6.90. The second-order valence-corrected chi connectivity index (χ2v) is 5.58. The maximum absolute atomic E-state index is 13.4. The second kappa shape index (κ2) is 5.49. The van der Waals surface area contributed by atoms with Crippen molar-refractivity contribution in [2.24, 2.45) is 0 Å². The van der Waals surface area contributed by atoms with Gasteiger partial charge in [-0.1, -0.05) is 6.07 Å². The lowest BCUT2D eigenvalue weighted by Gasteiger charge is -2.11. The van der Waals surface area contributed by atoms with Gasteiger partial charge in [0, 0.05) is 24.1 Å². The van der Waals surface area contributed by atoms with Crippen molar-refractivity contribution in [3.63, 3.8) is 0 Å². The van der Waals surface area contributed by atoms with E-state index in [-0.39, 0.29) is 5.82 Å². The summed E-state index contributed by atoms with van der Waals surface area (Å²) < 4.78 is 15.5. The Bertz CT molecular complexity index is 808. The monoisotopic (exact) mass is 302 g/mol. The van der Waals surface area contributed by atoms with Crippen molar-refractivity contribution in [2.45, 2.75) is 20.3 Å². The van der Waals surface area contributed by atoms with Crippen LogP contribution in [-0.4, -0.2) is 15.4 Å². The van der Waals surface area contributed by atoms with Gasteiger partial charge in [0.2, 0.25) is 0 Å². The van der Waals surface area contributed by atoms with Crippen LogP contribution in [0.3, 0.4) is 0 Å². The van der Waals surface area contributed by atoms with Crippen LogP contribution in [0.15, 0.2) is 36.4 Å². The molecule has 0 aliphatic carbocycles. The predicted molar refractivity (Wildman–Crippen MR) is 84.9 cm³/mol. The van der Waals surface area contributed by atoms with Gasteiger partial charge in [-0.2, -0.15) is 0 Å². The van der Waals surface area contributed by atoms with E-state index in [2.05, 4.69) is 41.6 Å². The minimum absolute atomic E-state index is 0.273. The zero-order valence-corrected chi connectivity index (χ0v) is 12.8. The lowest BCUT2D eigenvalue weighted by atomic mass is 10.1. The highest BCUT2D eigenvalue weighted by molar-refractivity contribution is 6.17. The number of benzene rings is 2. The highest BCUT2D eigenvalue weighted by Gasteiger charge is 2.13. The highest BCUT2D eigenvalue weighted by atomic mass is 35.5. The SMILES string of the molecule is Cc1ccc(-n2c(CCCl)nc3cc(F)ccc32)cc1C. The average molecular weight is 303 g/mol. The van der Waals surface area contributed by atoms with E-state index in [1.54, 1.807) is 6.07 Å². The van der Waals surface area contributed by atoms with E-state index in [0.29, 0.717) is 17.8 Å². The van der Waals surface area contributed by atoms with E-state index in [4.69, 9.17) is 11.6 Å². The second-order valence-electron chi connectivity index (χ2n) is 5.20. The number of alkyl halides is 1. The average Bonchev–Trinajstić information content (AvgIpc) is 2.79. The molecule has 0 amide bonds. The van der Waals surface area contributed by atoms with Crippen LogP contribution >= 0.6 is 11.6 Å². The molecule has 3 rings (SSSR count). The van der Waals surface area contributed by atoms with Gasteiger partial charge in [-0.3, -0.25) is 4.57 Å². The molecular weight excluding hydrogens is 287 g/mol. The molecule has 3 aromatic rings. The minimum atomic E-state index is -0.273. The summed E-state index contributed by atoms with van der Waals surface area (Å²) in [5.41, 5.74) is 5.06. The van der Waals surface area contributed by atoms with Crippen molar-refractivity contribution in [3.8, 4) is 5.69 Å². The number of fused-ring (bicyclic) bond motifs is 1. The number of hydrogen-bond acceptors (Lipinski definition) is 1. The smallest absolute Gasteiger partial charge is 0.125 e. The van der Waals surface area contributed by atoms with Crippen molar-refractivity contribution >= 4 is 22.6 Å².